The van der Waals surface area contributed by atoms with Crippen molar-refractivity contribution in [3.05, 3.63) is 29.0 Å². The van der Waals surface area contributed by atoms with Gasteiger partial charge in [-0.1, -0.05) is 0 Å². The standard InChI is InChI=1S/C13H13F3N2S/c1-19-10-3-2-8(13(14,15)16)11-7-6-17-5-4-9(7)18-12(10)11/h2-3,17-18H,4-6H2,1H3. The fraction of sp³-hybridized carbons (Fsp3) is 0.385. The predicted octanol–water partition coefficient (Wildman–Crippen LogP) is 3.55. The zero-order valence-corrected chi connectivity index (χ0v) is 11.1. The summed E-state index contributed by atoms with van der Waals surface area (Å²) in [6.07, 6.45) is -1.70. The molecule has 0 atom stereocenters. The lowest BCUT2D eigenvalue weighted by Gasteiger charge is -2.15. The highest BCUT2D eigenvalue weighted by Gasteiger charge is 2.35. The lowest BCUT2D eigenvalue weighted by Crippen LogP contribution is -2.23. The molecule has 1 aromatic heterocycles. The highest BCUT2D eigenvalue weighted by atomic mass is 32.2. The van der Waals surface area contributed by atoms with Crippen LogP contribution < -0.4 is 5.32 Å². The van der Waals surface area contributed by atoms with Crippen molar-refractivity contribution >= 4 is 22.7 Å². The average Bonchev–Trinajstić information content (AvgIpc) is 2.75. The van der Waals surface area contributed by atoms with E-state index < -0.39 is 11.7 Å². The van der Waals surface area contributed by atoms with Gasteiger partial charge in [0.2, 0.25) is 0 Å². The van der Waals surface area contributed by atoms with Crippen molar-refractivity contribution in [3.8, 4) is 0 Å². The third-order valence-electron chi connectivity index (χ3n) is 3.49. The van der Waals surface area contributed by atoms with E-state index in [-0.39, 0.29) is 0 Å². The predicted molar refractivity (Wildman–Crippen MR) is 70.5 cm³/mol. The van der Waals surface area contributed by atoms with Crippen LogP contribution in [-0.4, -0.2) is 17.8 Å². The summed E-state index contributed by atoms with van der Waals surface area (Å²) in [6.45, 7) is 1.30. The van der Waals surface area contributed by atoms with Crippen molar-refractivity contribution in [2.24, 2.45) is 0 Å². The van der Waals surface area contributed by atoms with Gasteiger partial charge in [-0.25, -0.2) is 0 Å². The smallest absolute Gasteiger partial charge is 0.357 e. The third-order valence-corrected chi connectivity index (χ3v) is 4.27. The van der Waals surface area contributed by atoms with Crippen molar-refractivity contribution in [3.63, 3.8) is 0 Å². The van der Waals surface area contributed by atoms with Crippen molar-refractivity contribution in [2.45, 2.75) is 24.0 Å². The molecule has 2 aromatic rings. The first-order valence-corrected chi connectivity index (χ1v) is 7.23. The van der Waals surface area contributed by atoms with Crippen LogP contribution >= 0.6 is 11.8 Å². The Morgan fingerprint density at radius 3 is 2.74 bits per heavy atom. The Morgan fingerprint density at radius 2 is 2.05 bits per heavy atom. The van der Waals surface area contributed by atoms with Crippen LogP contribution in [0.25, 0.3) is 10.9 Å². The maximum absolute atomic E-state index is 13.2. The molecule has 0 unspecified atom stereocenters. The minimum Gasteiger partial charge on any atom is -0.357 e. The molecule has 0 radical (unpaired) electrons. The van der Waals surface area contributed by atoms with Gasteiger partial charge < -0.3 is 10.3 Å². The summed E-state index contributed by atoms with van der Waals surface area (Å²) in [5, 5.41) is 3.48. The van der Waals surface area contributed by atoms with E-state index in [1.54, 1.807) is 6.07 Å². The Bertz CT molecular complexity index is 631. The monoisotopic (exact) mass is 286 g/mol. The summed E-state index contributed by atoms with van der Waals surface area (Å²) in [5.74, 6) is 0. The van der Waals surface area contributed by atoms with Gasteiger partial charge in [-0.3, -0.25) is 0 Å². The maximum atomic E-state index is 13.2. The Hall–Kier alpha value is -1.14. The van der Waals surface area contributed by atoms with Gasteiger partial charge >= 0.3 is 6.18 Å². The lowest BCUT2D eigenvalue weighted by atomic mass is 10.0. The third kappa shape index (κ3) is 2.03. The highest BCUT2D eigenvalue weighted by molar-refractivity contribution is 7.98. The number of hydrogen-bond acceptors (Lipinski definition) is 2. The summed E-state index contributed by atoms with van der Waals surface area (Å²) in [4.78, 5) is 4.05. The zero-order valence-electron chi connectivity index (χ0n) is 10.3. The molecular formula is C13H13F3N2S. The number of aromatic nitrogens is 1. The van der Waals surface area contributed by atoms with E-state index in [9.17, 15) is 13.2 Å². The number of H-pyrrole nitrogens is 1. The molecule has 2 nitrogen and oxygen atoms in total. The quantitative estimate of drug-likeness (QED) is 0.785. The Labute approximate surface area is 112 Å². The molecule has 0 saturated heterocycles. The molecule has 1 aliphatic heterocycles. The SMILES string of the molecule is CSc1ccc(C(F)(F)F)c2c3c([nH]c12)CCNC3. The van der Waals surface area contributed by atoms with Gasteiger partial charge in [0, 0.05) is 35.5 Å². The number of fused-ring (bicyclic) bond motifs is 3. The lowest BCUT2D eigenvalue weighted by molar-refractivity contribution is -0.136. The molecule has 1 aromatic carbocycles. The fourth-order valence-corrected chi connectivity index (χ4v) is 3.20. The van der Waals surface area contributed by atoms with Crippen molar-refractivity contribution < 1.29 is 13.2 Å². The van der Waals surface area contributed by atoms with Gasteiger partial charge in [-0.2, -0.15) is 13.2 Å². The van der Waals surface area contributed by atoms with Crippen LogP contribution in [0.3, 0.4) is 0 Å². The van der Waals surface area contributed by atoms with Gasteiger partial charge in [0.05, 0.1) is 11.1 Å². The molecule has 0 bridgehead atoms. The number of benzene rings is 1. The molecule has 6 heteroatoms. The first-order valence-electron chi connectivity index (χ1n) is 6.00. The molecule has 0 fully saturated rings. The number of halogens is 3. The fourth-order valence-electron chi connectivity index (χ4n) is 2.64. The van der Waals surface area contributed by atoms with E-state index in [1.165, 1.54) is 17.8 Å². The topological polar surface area (TPSA) is 27.8 Å². The van der Waals surface area contributed by atoms with Crippen molar-refractivity contribution in [2.75, 3.05) is 12.8 Å². The van der Waals surface area contributed by atoms with E-state index in [1.807, 2.05) is 6.26 Å². The summed E-state index contributed by atoms with van der Waals surface area (Å²) >= 11 is 1.46. The van der Waals surface area contributed by atoms with E-state index >= 15 is 0 Å². The van der Waals surface area contributed by atoms with Crippen LogP contribution in [0, 0.1) is 0 Å². The van der Waals surface area contributed by atoms with Gasteiger partial charge in [0.25, 0.3) is 0 Å². The highest BCUT2D eigenvalue weighted by Crippen LogP contribution is 2.41. The minimum absolute atomic E-state index is 0.335. The zero-order chi connectivity index (χ0) is 13.6. The second-order valence-corrected chi connectivity index (χ2v) is 5.42. The Balaban J connectivity index is 2.37. The molecule has 1 aliphatic rings. The first-order chi connectivity index (χ1) is 9.02. The summed E-state index contributed by atoms with van der Waals surface area (Å²) in [5.41, 5.74) is 1.78. The molecule has 19 heavy (non-hydrogen) atoms. The van der Waals surface area contributed by atoms with Crippen molar-refractivity contribution in [1.29, 1.82) is 0 Å². The summed E-state index contributed by atoms with van der Waals surface area (Å²) in [6, 6.07) is 2.74. The number of hydrogen-bond donors (Lipinski definition) is 2. The molecule has 3 rings (SSSR count). The largest absolute Gasteiger partial charge is 0.417 e. The van der Waals surface area contributed by atoms with Crippen LogP contribution in [0.1, 0.15) is 16.8 Å². The van der Waals surface area contributed by atoms with Crippen LogP contribution in [-0.2, 0) is 19.1 Å². The molecule has 0 aliphatic carbocycles. The Kier molecular flexibility index (Phi) is 3.02. The Morgan fingerprint density at radius 1 is 1.26 bits per heavy atom. The number of nitrogens with one attached hydrogen (secondary N) is 2. The summed E-state index contributed by atoms with van der Waals surface area (Å²) < 4.78 is 39.5. The van der Waals surface area contributed by atoms with Crippen LogP contribution in [0.5, 0.6) is 0 Å². The second-order valence-electron chi connectivity index (χ2n) is 4.57. The van der Waals surface area contributed by atoms with Crippen LogP contribution in [0.15, 0.2) is 17.0 Å². The number of aromatic amines is 1. The molecule has 2 N–H and O–H groups in total. The van der Waals surface area contributed by atoms with Gasteiger partial charge in [0.15, 0.2) is 0 Å². The van der Waals surface area contributed by atoms with E-state index in [4.69, 9.17) is 0 Å². The van der Waals surface area contributed by atoms with Crippen molar-refractivity contribution in [1.82, 2.24) is 10.3 Å². The molecule has 102 valence electrons. The van der Waals surface area contributed by atoms with E-state index in [2.05, 4.69) is 10.3 Å². The number of rotatable bonds is 1. The second kappa shape index (κ2) is 4.45. The molecule has 0 spiro atoms. The number of thioether (sulfide) groups is 1. The minimum atomic E-state index is -4.32. The first kappa shape index (κ1) is 12.9. The van der Waals surface area contributed by atoms with Gasteiger partial charge in [0.1, 0.15) is 0 Å². The number of alkyl halides is 3. The van der Waals surface area contributed by atoms with Gasteiger partial charge in [-0.15, -0.1) is 11.8 Å². The molecular weight excluding hydrogens is 273 g/mol. The van der Waals surface area contributed by atoms with E-state index in [0.717, 1.165) is 29.1 Å². The van der Waals surface area contributed by atoms with E-state index in [0.29, 0.717) is 17.4 Å². The van der Waals surface area contributed by atoms with Crippen LogP contribution in [0.4, 0.5) is 13.2 Å². The summed E-state index contributed by atoms with van der Waals surface area (Å²) in [7, 11) is 0. The molecule has 0 amide bonds. The average molecular weight is 286 g/mol. The normalized spacial score (nSPS) is 15.8. The molecule has 0 saturated carbocycles. The van der Waals surface area contributed by atoms with Crippen LogP contribution in [0.2, 0.25) is 0 Å². The molecule has 2 heterocycles. The van der Waals surface area contributed by atoms with Gasteiger partial charge in [-0.05, 0) is 24.0 Å². The maximum Gasteiger partial charge on any atom is 0.417 e.